The summed E-state index contributed by atoms with van der Waals surface area (Å²) < 4.78 is 0. The fraction of sp³-hybridized carbons (Fsp3) is 0.111. The van der Waals surface area contributed by atoms with E-state index in [1.165, 1.54) is 0 Å². The van der Waals surface area contributed by atoms with E-state index in [2.05, 4.69) is 15.6 Å². The van der Waals surface area contributed by atoms with E-state index in [0.29, 0.717) is 11.7 Å². The van der Waals surface area contributed by atoms with E-state index in [1.54, 1.807) is 6.08 Å². The number of nitrogens with one attached hydrogen (secondary N) is 2. The summed E-state index contributed by atoms with van der Waals surface area (Å²) in [7, 11) is 3.98. The van der Waals surface area contributed by atoms with E-state index in [4.69, 9.17) is 0 Å². The number of amides is 1. The van der Waals surface area contributed by atoms with Crippen LogP contribution in [0.2, 0.25) is 0 Å². The minimum Gasteiger partial charge on any atom is -0.378 e. The summed E-state index contributed by atoms with van der Waals surface area (Å²) in [6.45, 7) is 0. The van der Waals surface area contributed by atoms with Gasteiger partial charge in [-0.25, -0.2) is 4.99 Å². The number of benzene rings is 2. The summed E-state index contributed by atoms with van der Waals surface area (Å²) in [5.41, 5.74) is 3.31. The third-order valence-corrected chi connectivity index (χ3v) is 3.45. The average Bonchev–Trinajstić information content (AvgIpc) is 2.88. The minimum atomic E-state index is -0.208. The normalized spacial score (nSPS) is 15.3. The third kappa shape index (κ3) is 3.58. The molecule has 2 N–H and O–H groups in total. The lowest BCUT2D eigenvalue weighted by atomic mass is 10.1. The van der Waals surface area contributed by atoms with Crippen LogP contribution < -0.4 is 15.5 Å². The molecule has 1 aliphatic heterocycles. The number of para-hydroxylation sites is 1. The quantitative estimate of drug-likeness (QED) is 0.857. The highest BCUT2D eigenvalue weighted by Gasteiger charge is 2.19. The summed E-state index contributed by atoms with van der Waals surface area (Å²) in [5.74, 6) is 0.234. The number of carbonyl (C=O) groups is 1. The van der Waals surface area contributed by atoms with Gasteiger partial charge in [0, 0.05) is 25.5 Å². The Morgan fingerprint density at radius 2 is 1.74 bits per heavy atom. The van der Waals surface area contributed by atoms with Crippen molar-refractivity contribution in [3.63, 3.8) is 0 Å². The number of carbonyl (C=O) groups excluding carboxylic acids is 1. The largest absolute Gasteiger partial charge is 0.378 e. The smallest absolute Gasteiger partial charge is 0.276 e. The maximum atomic E-state index is 12.0. The topological polar surface area (TPSA) is 56.7 Å². The average molecular weight is 306 g/mol. The van der Waals surface area contributed by atoms with Crippen molar-refractivity contribution in [2.24, 2.45) is 4.99 Å². The molecule has 0 saturated heterocycles. The number of hydrogen-bond donors (Lipinski definition) is 2. The van der Waals surface area contributed by atoms with Crippen LogP contribution in [0, 0.1) is 0 Å². The Morgan fingerprint density at radius 3 is 2.39 bits per heavy atom. The lowest BCUT2D eigenvalue weighted by molar-refractivity contribution is -0.115. The number of nitrogens with zero attached hydrogens (tertiary/aromatic N) is 2. The van der Waals surface area contributed by atoms with E-state index in [-0.39, 0.29) is 5.91 Å². The second-order valence-electron chi connectivity index (χ2n) is 5.42. The van der Waals surface area contributed by atoms with Crippen molar-refractivity contribution in [1.82, 2.24) is 5.32 Å². The van der Waals surface area contributed by atoms with Crippen molar-refractivity contribution in [3.8, 4) is 0 Å². The molecule has 1 aliphatic rings. The van der Waals surface area contributed by atoms with Gasteiger partial charge in [0.15, 0.2) is 0 Å². The van der Waals surface area contributed by atoms with Gasteiger partial charge >= 0.3 is 0 Å². The third-order valence-electron chi connectivity index (χ3n) is 3.45. The molecule has 2 aromatic carbocycles. The standard InChI is InChI=1S/C18H18N4O/c1-22(2)15-10-8-13(9-11-15)12-16-17(23)21-18(20-16)19-14-6-4-3-5-7-14/h3-12H,1-2H3,(H2,19,20,21,23). The molecule has 23 heavy (non-hydrogen) atoms. The zero-order valence-corrected chi connectivity index (χ0v) is 13.1. The highest BCUT2D eigenvalue weighted by molar-refractivity contribution is 6.17. The molecule has 5 heteroatoms. The molecule has 0 radical (unpaired) electrons. The fourth-order valence-corrected chi connectivity index (χ4v) is 2.21. The van der Waals surface area contributed by atoms with Crippen LogP contribution in [0.25, 0.3) is 6.08 Å². The summed E-state index contributed by atoms with van der Waals surface area (Å²) in [6, 6.07) is 17.5. The SMILES string of the molecule is CN(C)c1ccc(C=C2N=C(Nc3ccccc3)NC2=O)cc1. The molecular weight excluding hydrogens is 288 g/mol. The predicted molar refractivity (Wildman–Crippen MR) is 94.4 cm³/mol. The molecule has 0 aromatic heterocycles. The Labute approximate surface area is 135 Å². The Balaban J connectivity index is 1.77. The Morgan fingerprint density at radius 1 is 1.04 bits per heavy atom. The monoisotopic (exact) mass is 306 g/mol. The van der Waals surface area contributed by atoms with Crippen molar-refractivity contribution in [1.29, 1.82) is 0 Å². The van der Waals surface area contributed by atoms with E-state index >= 15 is 0 Å². The molecule has 0 aliphatic carbocycles. The lowest BCUT2D eigenvalue weighted by Gasteiger charge is -2.11. The van der Waals surface area contributed by atoms with Gasteiger partial charge in [0.05, 0.1) is 0 Å². The summed E-state index contributed by atoms with van der Waals surface area (Å²) in [4.78, 5) is 18.4. The molecule has 0 atom stereocenters. The zero-order chi connectivity index (χ0) is 16.2. The van der Waals surface area contributed by atoms with E-state index < -0.39 is 0 Å². The number of aliphatic imine (C=N–C) groups is 1. The van der Waals surface area contributed by atoms with Crippen LogP contribution in [0.1, 0.15) is 5.56 Å². The van der Waals surface area contributed by atoms with Gasteiger partial charge < -0.3 is 10.2 Å². The second kappa shape index (κ2) is 6.36. The molecule has 0 fully saturated rings. The van der Waals surface area contributed by atoms with Crippen molar-refractivity contribution >= 4 is 29.3 Å². The number of hydrogen-bond acceptors (Lipinski definition) is 4. The molecule has 0 spiro atoms. The maximum absolute atomic E-state index is 12.0. The summed E-state index contributed by atoms with van der Waals surface area (Å²) >= 11 is 0. The van der Waals surface area contributed by atoms with Gasteiger partial charge in [-0.05, 0) is 35.9 Å². The van der Waals surface area contributed by atoms with Crippen LogP contribution >= 0.6 is 0 Å². The fourth-order valence-electron chi connectivity index (χ4n) is 2.21. The van der Waals surface area contributed by atoms with Crippen LogP contribution in [0.15, 0.2) is 65.3 Å². The molecule has 0 bridgehead atoms. The molecule has 0 unspecified atom stereocenters. The Kier molecular flexibility index (Phi) is 4.10. The Bertz CT molecular complexity index is 761. The van der Waals surface area contributed by atoms with Crippen LogP contribution in [0.5, 0.6) is 0 Å². The molecule has 1 heterocycles. The molecule has 2 aromatic rings. The van der Waals surface area contributed by atoms with Crippen LogP contribution in [0.3, 0.4) is 0 Å². The van der Waals surface area contributed by atoms with Gasteiger partial charge in [0.2, 0.25) is 5.96 Å². The van der Waals surface area contributed by atoms with Crippen LogP contribution in [0.4, 0.5) is 11.4 Å². The lowest BCUT2D eigenvalue weighted by Crippen LogP contribution is -2.29. The van der Waals surface area contributed by atoms with Gasteiger partial charge in [-0.15, -0.1) is 0 Å². The number of guanidine groups is 1. The first-order valence-corrected chi connectivity index (χ1v) is 7.33. The maximum Gasteiger partial charge on any atom is 0.276 e. The van der Waals surface area contributed by atoms with E-state index in [0.717, 1.165) is 16.9 Å². The Hall–Kier alpha value is -3.08. The first-order chi connectivity index (χ1) is 11.1. The van der Waals surface area contributed by atoms with Crippen molar-refractivity contribution in [3.05, 3.63) is 65.9 Å². The van der Waals surface area contributed by atoms with Gasteiger partial charge in [0.25, 0.3) is 5.91 Å². The summed E-state index contributed by atoms with van der Waals surface area (Å²) in [6.07, 6.45) is 1.77. The first kappa shape index (κ1) is 14.8. The van der Waals surface area contributed by atoms with Crippen molar-refractivity contribution < 1.29 is 4.79 Å². The molecule has 116 valence electrons. The van der Waals surface area contributed by atoms with E-state index in [1.807, 2.05) is 73.6 Å². The molecular formula is C18H18N4O. The second-order valence-corrected chi connectivity index (χ2v) is 5.42. The molecule has 1 amide bonds. The molecule has 3 rings (SSSR count). The van der Waals surface area contributed by atoms with Crippen molar-refractivity contribution in [2.45, 2.75) is 0 Å². The highest BCUT2D eigenvalue weighted by Crippen LogP contribution is 2.17. The predicted octanol–water partition coefficient (Wildman–Crippen LogP) is 2.69. The number of rotatable bonds is 3. The van der Waals surface area contributed by atoms with Gasteiger partial charge in [0.1, 0.15) is 5.70 Å². The van der Waals surface area contributed by atoms with Crippen molar-refractivity contribution in [2.75, 3.05) is 24.3 Å². The molecule has 0 saturated carbocycles. The van der Waals surface area contributed by atoms with Gasteiger partial charge in [-0.3, -0.25) is 10.1 Å². The van der Waals surface area contributed by atoms with Gasteiger partial charge in [-0.1, -0.05) is 30.3 Å². The summed E-state index contributed by atoms with van der Waals surface area (Å²) in [5, 5.41) is 5.81. The first-order valence-electron chi connectivity index (χ1n) is 7.33. The number of anilines is 2. The van der Waals surface area contributed by atoms with Crippen LogP contribution in [-0.2, 0) is 4.79 Å². The molecule has 5 nitrogen and oxygen atoms in total. The van der Waals surface area contributed by atoms with Crippen LogP contribution in [-0.4, -0.2) is 26.0 Å². The highest BCUT2D eigenvalue weighted by atomic mass is 16.2. The van der Waals surface area contributed by atoms with E-state index in [9.17, 15) is 4.79 Å². The minimum absolute atomic E-state index is 0.208. The zero-order valence-electron chi connectivity index (χ0n) is 13.1. The van der Waals surface area contributed by atoms with Gasteiger partial charge in [-0.2, -0.15) is 0 Å².